The van der Waals surface area contributed by atoms with Gasteiger partial charge >= 0.3 is 12.3 Å². The lowest BCUT2D eigenvalue weighted by Crippen LogP contribution is -2.34. The first-order chi connectivity index (χ1) is 18.2. The third-order valence-corrected chi connectivity index (χ3v) is 6.65. The highest BCUT2D eigenvalue weighted by Gasteiger charge is 2.35. The summed E-state index contributed by atoms with van der Waals surface area (Å²) in [5.74, 6) is -1.18. The van der Waals surface area contributed by atoms with Crippen molar-refractivity contribution in [1.29, 1.82) is 0 Å². The topological polar surface area (TPSA) is 100 Å². The number of hydrogen-bond donors (Lipinski definition) is 2. The van der Waals surface area contributed by atoms with Crippen LogP contribution in [0.15, 0.2) is 53.5 Å². The maximum atomic E-state index is 12.5. The Morgan fingerprint density at radius 1 is 1.05 bits per heavy atom. The second kappa shape index (κ2) is 12.2. The van der Waals surface area contributed by atoms with Gasteiger partial charge in [-0.3, -0.25) is 9.59 Å². The summed E-state index contributed by atoms with van der Waals surface area (Å²) in [6.45, 7) is 1.12. The Morgan fingerprint density at radius 2 is 1.74 bits per heavy atom. The molecule has 2 aromatic rings. The van der Waals surface area contributed by atoms with E-state index in [4.69, 9.17) is 9.84 Å². The average Bonchev–Trinajstić information content (AvgIpc) is 3.26. The molecule has 1 saturated heterocycles. The predicted octanol–water partition coefficient (Wildman–Crippen LogP) is 5.43. The average molecular weight is 534 g/mol. The highest BCUT2D eigenvalue weighted by atomic mass is 19.4. The fraction of sp³-hybridized carbons (Fsp3) is 0.444. The molecule has 1 heterocycles. The van der Waals surface area contributed by atoms with Gasteiger partial charge in [-0.15, -0.1) is 13.2 Å². The molecule has 4 rings (SSSR count). The van der Waals surface area contributed by atoms with Gasteiger partial charge in [0, 0.05) is 18.7 Å². The van der Waals surface area contributed by atoms with E-state index in [-0.39, 0.29) is 30.7 Å². The molecule has 2 fully saturated rings. The van der Waals surface area contributed by atoms with Crippen LogP contribution < -0.4 is 10.1 Å². The third kappa shape index (κ3) is 7.62. The first-order valence-corrected chi connectivity index (χ1v) is 12.6. The molecule has 2 aliphatic rings. The Hall–Kier alpha value is -3.76. The van der Waals surface area contributed by atoms with E-state index in [1.54, 1.807) is 12.1 Å². The Balaban J connectivity index is 1.50. The molecule has 0 spiro atoms. The highest BCUT2D eigenvalue weighted by Crippen LogP contribution is 2.34. The molecule has 2 aromatic carbocycles. The van der Waals surface area contributed by atoms with Crippen LogP contribution in [0.4, 0.5) is 18.9 Å². The molecular weight excluding hydrogens is 503 g/mol. The number of alkyl halides is 3. The van der Waals surface area contributed by atoms with Gasteiger partial charge < -0.3 is 24.8 Å². The van der Waals surface area contributed by atoms with Crippen LogP contribution in [0.1, 0.15) is 60.5 Å². The normalized spacial score (nSPS) is 19.3. The summed E-state index contributed by atoms with van der Waals surface area (Å²) in [6, 6.07) is 12.7. The number of amidine groups is 1. The summed E-state index contributed by atoms with van der Waals surface area (Å²) in [5.41, 5.74) is 1.80. The maximum Gasteiger partial charge on any atom is 0.573 e. The molecule has 1 saturated carbocycles. The lowest BCUT2D eigenvalue weighted by molar-refractivity contribution is -0.274. The zero-order valence-corrected chi connectivity index (χ0v) is 20.7. The van der Waals surface area contributed by atoms with Crippen LogP contribution in [0.3, 0.4) is 0 Å². The second-order valence-corrected chi connectivity index (χ2v) is 9.44. The fourth-order valence-electron chi connectivity index (χ4n) is 4.76. The molecule has 0 bridgehead atoms. The molecule has 8 nitrogen and oxygen atoms in total. The summed E-state index contributed by atoms with van der Waals surface area (Å²) in [4.78, 5) is 29.7. The first kappa shape index (κ1) is 27.3. The van der Waals surface area contributed by atoms with Crippen LogP contribution in [0, 0.1) is 5.92 Å². The molecule has 2 N–H and O–H groups in total. The number of hydrogen-bond acceptors (Lipinski definition) is 5. The van der Waals surface area contributed by atoms with Gasteiger partial charge in [0.05, 0.1) is 18.2 Å². The summed E-state index contributed by atoms with van der Waals surface area (Å²) < 4.78 is 47.4. The number of benzene rings is 2. The number of rotatable bonds is 9. The van der Waals surface area contributed by atoms with E-state index in [0.717, 1.165) is 24.9 Å². The minimum Gasteiger partial charge on any atom is -0.481 e. The quantitative estimate of drug-likeness (QED) is 0.446. The molecule has 38 heavy (non-hydrogen) atoms. The molecule has 0 aromatic heterocycles. The number of amides is 1. The molecule has 0 radical (unpaired) electrons. The van der Waals surface area contributed by atoms with E-state index in [1.807, 2.05) is 12.1 Å². The van der Waals surface area contributed by atoms with E-state index < -0.39 is 12.3 Å². The van der Waals surface area contributed by atoms with Crippen LogP contribution in [-0.4, -0.2) is 54.0 Å². The van der Waals surface area contributed by atoms with Crippen molar-refractivity contribution in [2.45, 2.75) is 50.9 Å². The number of carboxylic acids is 1. The highest BCUT2D eigenvalue weighted by molar-refractivity contribution is 5.94. The summed E-state index contributed by atoms with van der Waals surface area (Å²) in [5, 5.41) is 11.3. The minimum absolute atomic E-state index is 0.0463. The van der Waals surface area contributed by atoms with Crippen LogP contribution >= 0.6 is 0 Å². The summed E-state index contributed by atoms with van der Waals surface area (Å²) in [7, 11) is 0. The largest absolute Gasteiger partial charge is 0.573 e. The van der Waals surface area contributed by atoms with Crippen molar-refractivity contribution in [3.8, 4) is 5.75 Å². The van der Waals surface area contributed by atoms with E-state index in [1.165, 1.54) is 43.5 Å². The monoisotopic (exact) mass is 533 g/mol. The zero-order chi connectivity index (χ0) is 27.1. The van der Waals surface area contributed by atoms with Gasteiger partial charge in [0.25, 0.3) is 11.9 Å². The lowest BCUT2D eigenvalue weighted by Gasteiger charge is -2.30. The zero-order valence-electron chi connectivity index (χ0n) is 20.7. The predicted molar refractivity (Wildman–Crippen MR) is 133 cm³/mol. The molecule has 204 valence electrons. The number of carboxylic acid groups (broad SMARTS) is 1. The smallest absolute Gasteiger partial charge is 0.481 e. The lowest BCUT2D eigenvalue weighted by atomic mass is 9.88. The fourth-order valence-corrected chi connectivity index (χ4v) is 4.76. The standard InChI is InChI=1S/C27H30F3N3O5/c28-27(29,30)38-22-12-10-21(11-13-22)32-26-33(16-18-4-2-1-3-5-18)23(17-37-26)19-6-8-20(9-7-19)25(36)31-15-14-24(34)35/h6-13,18,23H,1-5,14-17H2,(H,31,36)(H,34,35). The van der Waals surface area contributed by atoms with Crippen LogP contribution in [0.5, 0.6) is 5.75 Å². The van der Waals surface area contributed by atoms with E-state index in [9.17, 15) is 22.8 Å². The number of aliphatic imine (C=N–C) groups is 1. The number of halogens is 3. The maximum absolute atomic E-state index is 12.5. The van der Waals surface area contributed by atoms with Crippen LogP contribution in [0.25, 0.3) is 0 Å². The van der Waals surface area contributed by atoms with Gasteiger partial charge in [-0.2, -0.15) is 4.99 Å². The Bertz CT molecular complexity index is 1130. The van der Waals surface area contributed by atoms with Gasteiger partial charge in [-0.1, -0.05) is 31.4 Å². The van der Waals surface area contributed by atoms with Crippen molar-refractivity contribution in [2.24, 2.45) is 10.9 Å². The Kier molecular flexibility index (Phi) is 8.75. The van der Waals surface area contributed by atoms with Crippen LogP contribution in [0.2, 0.25) is 0 Å². The number of carbonyl (C=O) groups is 2. The number of aliphatic carboxylic acids is 1. The second-order valence-electron chi connectivity index (χ2n) is 9.44. The minimum atomic E-state index is -4.76. The first-order valence-electron chi connectivity index (χ1n) is 12.6. The van der Waals surface area contributed by atoms with Crippen LogP contribution in [-0.2, 0) is 9.53 Å². The Labute approximate surface area is 218 Å². The molecule has 1 aliphatic carbocycles. The van der Waals surface area contributed by atoms with Gasteiger partial charge in [0.15, 0.2) is 0 Å². The van der Waals surface area contributed by atoms with Crippen molar-refractivity contribution in [2.75, 3.05) is 19.7 Å². The van der Waals surface area contributed by atoms with E-state index in [2.05, 4.69) is 19.9 Å². The van der Waals surface area contributed by atoms with Crippen molar-refractivity contribution < 1.29 is 37.3 Å². The molecular formula is C27H30F3N3O5. The summed E-state index contributed by atoms with van der Waals surface area (Å²) in [6.07, 6.45) is 0.858. The SMILES string of the molecule is O=C(O)CCNC(=O)c1ccc(C2COC(=Nc3ccc(OC(F)(F)F)cc3)N2CC2CCCCC2)cc1. The van der Waals surface area contributed by atoms with E-state index in [0.29, 0.717) is 29.8 Å². The van der Waals surface area contributed by atoms with Crippen molar-refractivity contribution in [1.82, 2.24) is 10.2 Å². The number of ether oxygens (including phenoxy) is 2. The molecule has 1 unspecified atom stereocenters. The third-order valence-electron chi connectivity index (χ3n) is 6.65. The molecule has 11 heteroatoms. The van der Waals surface area contributed by atoms with Crippen molar-refractivity contribution in [3.63, 3.8) is 0 Å². The van der Waals surface area contributed by atoms with E-state index >= 15 is 0 Å². The van der Waals surface area contributed by atoms with Gasteiger partial charge in [0.2, 0.25) is 0 Å². The van der Waals surface area contributed by atoms with Gasteiger partial charge in [-0.05, 0) is 60.7 Å². The van der Waals surface area contributed by atoms with Gasteiger partial charge in [-0.25, -0.2) is 0 Å². The summed E-state index contributed by atoms with van der Waals surface area (Å²) >= 11 is 0. The number of nitrogens with one attached hydrogen (secondary N) is 1. The van der Waals surface area contributed by atoms with Crippen molar-refractivity contribution in [3.05, 3.63) is 59.7 Å². The molecule has 1 atom stereocenters. The number of nitrogens with zero attached hydrogens (tertiary/aromatic N) is 2. The Morgan fingerprint density at radius 3 is 2.37 bits per heavy atom. The van der Waals surface area contributed by atoms with Gasteiger partial charge in [0.1, 0.15) is 12.4 Å². The molecule has 1 aliphatic heterocycles. The van der Waals surface area contributed by atoms with Crippen molar-refractivity contribution >= 4 is 23.6 Å². The number of carbonyl (C=O) groups excluding carboxylic acids is 1. The molecule has 1 amide bonds.